The minimum absolute atomic E-state index is 0.116. The standard InChI is InChI=1S/C27H30ClN3O2S/c1-21(19-29-27(32)11-10-26-9-4-16-34-26)33-25-8-2-5-22(17-25)20-30-12-14-31(15-13-30)24-7-3-6-23(28)18-24/h2-11,16-18,21H,12-15,19-20H2,1H3,(H,29,32)/b11-10+/t21-/m0/s1. The number of carbonyl (C=O) groups is 1. The van der Waals surface area contributed by atoms with Crippen LogP contribution in [-0.4, -0.2) is 49.6 Å². The molecule has 1 aromatic heterocycles. The van der Waals surface area contributed by atoms with Crippen molar-refractivity contribution in [1.29, 1.82) is 0 Å². The molecule has 0 unspecified atom stereocenters. The fourth-order valence-electron chi connectivity index (χ4n) is 3.93. The van der Waals surface area contributed by atoms with Gasteiger partial charge in [-0.3, -0.25) is 9.69 Å². The van der Waals surface area contributed by atoms with Gasteiger partial charge in [0, 0.05) is 54.4 Å². The predicted octanol–water partition coefficient (Wildman–Crippen LogP) is 5.32. The van der Waals surface area contributed by atoms with Gasteiger partial charge in [0.1, 0.15) is 11.9 Å². The summed E-state index contributed by atoms with van der Waals surface area (Å²) >= 11 is 7.75. The summed E-state index contributed by atoms with van der Waals surface area (Å²) < 4.78 is 6.06. The molecule has 2 aromatic carbocycles. The van der Waals surface area contributed by atoms with E-state index in [-0.39, 0.29) is 12.0 Å². The molecule has 1 aliphatic heterocycles. The first-order valence-electron chi connectivity index (χ1n) is 11.5. The van der Waals surface area contributed by atoms with Crippen LogP contribution >= 0.6 is 22.9 Å². The molecule has 0 aliphatic carbocycles. The highest BCUT2D eigenvalue weighted by Gasteiger charge is 2.18. The van der Waals surface area contributed by atoms with Gasteiger partial charge in [0.2, 0.25) is 5.91 Å². The molecule has 1 fully saturated rings. The minimum atomic E-state index is -0.129. The van der Waals surface area contributed by atoms with Crippen LogP contribution in [-0.2, 0) is 11.3 Å². The van der Waals surface area contributed by atoms with Gasteiger partial charge in [-0.15, -0.1) is 11.3 Å². The van der Waals surface area contributed by atoms with Crippen molar-refractivity contribution in [3.05, 3.63) is 87.6 Å². The molecular weight excluding hydrogens is 466 g/mol. The maximum atomic E-state index is 12.0. The van der Waals surface area contributed by atoms with Gasteiger partial charge in [-0.25, -0.2) is 0 Å². The number of ether oxygens (including phenoxy) is 1. The zero-order valence-electron chi connectivity index (χ0n) is 19.3. The van der Waals surface area contributed by atoms with Crippen molar-refractivity contribution in [1.82, 2.24) is 10.2 Å². The van der Waals surface area contributed by atoms with E-state index in [0.717, 1.165) is 48.4 Å². The predicted molar refractivity (Wildman–Crippen MR) is 142 cm³/mol. The number of nitrogens with zero attached hydrogens (tertiary/aromatic N) is 2. The monoisotopic (exact) mass is 495 g/mol. The Hall–Kier alpha value is -2.80. The summed E-state index contributed by atoms with van der Waals surface area (Å²) in [6.45, 7) is 7.26. The van der Waals surface area contributed by atoms with Crippen LogP contribution in [0, 0.1) is 0 Å². The molecule has 34 heavy (non-hydrogen) atoms. The lowest BCUT2D eigenvalue weighted by Crippen LogP contribution is -2.45. The van der Waals surface area contributed by atoms with E-state index >= 15 is 0 Å². The Morgan fingerprint density at radius 3 is 2.71 bits per heavy atom. The summed E-state index contributed by atoms with van der Waals surface area (Å²) in [6.07, 6.45) is 3.25. The Labute approximate surface area is 210 Å². The van der Waals surface area contributed by atoms with Gasteiger partial charge in [0.25, 0.3) is 0 Å². The van der Waals surface area contributed by atoms with Crippen LogP contribution in [0.3, 0.4) is 0 Å². The van der Waals surface area contributed by atoms with Crippen LogP contribution in [0.25, 0.3) is 6.08 Å². The van der Waals surface area contributed by atoms with Crippen LogP contribution in [0.1, 0.15) is 17.4 Å². The molecule has 1 N–H and O–H groups in total. The number of piperazine rings is 1. The summed E-state index contributed by atoms with van der Waals surface area (Å²) in [5, 5.41) is 5.67. The lowest BCUT2D eigenvalue weighted by molar-refractivity contribution is -0.116. The zero-order chi connectivity index (χ0) is 23.8. The van der Waals surface area contributed by atoms with E-state index in [4.69, 9.17) is 16.3 Å². The van der Waals surface area contributed by atoms with E-state index in [9.17, 15) is 4.79 Å². The Balaban J connectivity index is 1.22. The van der Waals surface area contributed by atoms with Crippen LogP contribution in [0.5, 0.6) is 5.75 Å². The molecule has 0 saturated carbocycles. The van der Waals surface area contributed by atoms with E-state index in [1.165, 1.54) is 11.3 Å². The Morgan fingerprint density at radius 1 is 1.12 bits per heavy atom. The molecule has 1 amide bonds. The quantitative estimate of drug-likeness (QED) is 0.408. The Kier molecular flexibility index (Phi) is 8.63. The highest BCUT2D eigenvalue weighted by Crippen LogP contribution is 2.22. The van der Waals surface area contributed by atoms with Gasteiger partial charge in [-0.1, -0.05) is 35.9 Å². The van der Waals surface area contributed by atoms with Gasteiger partial charge in [-0.2, -0.15) is 0 Å². The molecule has 1 atom stereocenters. The highest BCUT2D eigenvalue weighted by atomic mass is 35.5. The van der Waals surface area contributed by atoms with Gasteiger partial charge in [0.05, 0.1) is 6.54 Å². The van der Waals surface area contributed by atoms with E-state index in [1.807, 2.05) is 60.8 Å². The fraction of sp³-hybridized carbons (Fsp3) is 0.296. The maximum Gasteiger partial charge on any atom is 0.244 e. The molecule has 7 heteroatoms. The molecule has 4 rings (SSSR count). The van der Waals surface area contributed by atoms with Crippen molar-refractivity contribution < 1.29 is 9.53 Å². The van der Waals surface area contributed by atoms with Crippen LogP contribution in [0.4, 0.5) is 5.69 Å². The summed E-state index contributed by atoms with van der Waals surface area (Å²) in [4.78, 5) is 17.9. The summed E-state index contributed by atoms with van der Waals surface area (Å²) in [5.41, 5.74) is 2.41. The second-order valence-electron chi connectivity index (χ2n) is 8.41. The van der Waals surface area contributed by atoms with Crippen molar-refractivity contribution >= 4 is 40.6 Å². The van der Waals surface area contributed by atoms with Crippen molar-refractivity contribution in [3.63, 3.8) is 0 Å². The van der Waals surface area contributed by atoms with E-state index in [1.54, 1.807) is 17.4 Å². The number of carbonyl (C=O) groups excluding carboxylic acids is 1. The fourth-order valence-corrected chi connectivity index (χ4v) is 4.74. The Morgan fingerprint density at radius 2 is 1.94 bits per heavy atom. The number of anilines is 1. The van der Waals surface area contributed by atoms with Gasteiger partial charge < -0.3 is 15.0 Å². The zero-order valence-corrected chi connectivity index (χ0v) is 20.9. The molecule has 1 aliphatic rings. The molecule has 2 heterocycles. The van der Waals surface area contributed by atoms with E-state index < -0.39 is 0 Å². The maximum absolute atomic E-state index is 12.0. The minimum Gasteiger partial charge on any atom is -0.489 e. The number of hydrogen-bond donors (Lipinski definition) is 1. The molecular formula is C27H30ClN3O2S. The number of rotatable bonds is 9. The van der Waals surface area contributed by atoms with Gasteiger partial charge in [-0.05, 0) is 60.3 Å². The topological polar surface area (TPSA) is 44.8 Å². The SMILES string of the molecule is C[C@@H](CNC(=O)/C=C/c1cccs1)Oc1cccc(CN2CCN(c3cccc(Cl)c3)CC2)c1. The number of thiophene rings is 1. The molecule has 178 valence electrons. The highest BCUT2D eigenvalue weighted by molar-refractivity contribution is 7.10. The van der Waals surface area contributed by atoms with E-state index in [2.05, 4.69) is 33.3 Å². The smallest absolute Gasteiger partial charge is 0.244 e. The van der Waals surface area contributed by atoms with Crippen molar-refractivity contribution in [2.45, 2.75) is 19.6 Å². The number of hydrogen-bond acceptors (Lipinski definition) is 5. The summed E-state index contributed by atoms with van der Waals surface area (Å²) in [5.74, 6) is 0.709. The third-order valence-corrected chi connectivity index (χ3v) is 6.77. The largest absolute Gasteiger partial charge is 0.489 e. The van der Waals surface area contributed by atoms with Gasteiger partial charge in [0.15, 0.2) is 0 Å². The lowest BCUT2D eigenvalue weighted by Gasteiger charge is -2.36. The van der Waals surface area contributed by atoms with Crippen LogP contribution in [0.2, 0.25) is 5.02 Å². The van der Waals surface area contributed by atoms with Gasteiger partial charge >= 0.3 is 0 Å². The first kappa shape index (κ1) is 24.3. The lowest BCUT2D eigenvalue weighted by atomic mass is 10.1. The molecule has 5 nitrogen and oxygen atoms in total. The average Bonchev–Trinajstić information content (AvgIpc) is 3.36. The summed E-state index contributed by atoms with van der Waals surface area (Å²) in [7, 11) is 0. The van der Waals surface area contributed by atoms with Crippen LogP contribution < -0.4 is 15.0 Å². The molecule has 1 saturated heterocycles. The van der Waals surface area contributed by atoms with Crippen molar-refractivity contribution in [2.24, 2.45) is 0 Å². The molecule has 3 aromatic rings. The van der Waals surface area contributed by atoms with Crippen molar-refractivity contribution in [3.8, 4) is 5.75 Å². The van der Waals surface area contributed by atoms with E-state index in [0.29, 0.717) is 6.54 Å². The number of halogens is 1. The second-order valence-corrected chi connectivity index (χ2v) is 9.83. The molecule has 0 radical (unpaired) electrons. The third-order valence-electron chi connectivity index (χ3n) is 5.69. The normalized spacial score (nSPS) is 15.4. The number of benzene rings is 2. The first-order chi connectivity index (χ1) is 16.5. The number of nitrogens with one attached hydrogen (secondary N) is 1. The Bertz CT molecular complexity index is 1090. The third kappa shape index (κ3) is 7.35. The number of amides is 1. The molecule has 0 bridgehead atoms. The second kappa shape index (κ2) is 12.1. The average molecular weight is 496 g/mol. The van der Waals surface area contributed by atoms with Crippen molar-refractivity contribution in [2.75, 3.05) is 37.6 Å². The summed E-state index contributed by atoms with van der Waals surface area (Å²) in [6, 6.07) is 20.2. The first-order valence-corrected chi connectivity index (χ1v) is 12.8. The molecule has 0 spiro atoms. The van der Waals surface area contributed by atoms with Crippen LogP contribution in [0.15, 0.2) is 72.1 Å².